The molecule has 1 N–H and O–H groups in total. The van der Waals surface area contributed by atoms with E-state index < -0.39 is 0 Å². The highest BCUT2D eigenvalue weighted by molar-refractivity contribution is 7.71. The summed E-state index contributed by atoms with van der Waals surface area (Å²) in [5.74, 6) is 0. The smallest absolute Gasteiger partial charge is 0.154 e. The van der Waals surface area contributed by atoms with Crippen LogP contribution in [-0.4, -0.2) is 21.7 Å². The van der Waals surface area contributed by atoms with Gasteiger partial charge in [0.25, 0.3) is 0 Å². The summed E-state index contributed by atoms with van der Waals surface area (Å²) >= 11 is 5.20. The molecule has 0 atom stereocenters. The summed E-state index contributed by atoms with van der Waals surface area (Å²) in [6.07, 6.45) is 0. The zero-order valence-corrected chi connectivity index (χ0v) is 8.89. The van der Waals surface area contributed by atoms with Crippen molar-refractivity contribution in [3.8, 4) is 0 Å². The molecule has 0 aliphatic rings. The number of aromatic nitrogens is 3. The van der Waals surface area contributed by atoms with Gasteiger partial charge in [-0.3, -0.25) is 5.10 Å². The van der Waals surface area contributed by atoms with Crippen molar-refractivity contribution in [3.63, 3.8) is 0 Å². The van der Waals surface area contributed by atoms with E-state index in [1.165, 1.54) is 0 Å². The maximum absolute atomic E-state index is 5.20. The molecule has 74 valence electrons. The van der Waals surface area contributed by atoms with E-state index in [2.05, 4.69) is 10.1 Å². The molecule has 0 unspecified atom stereocenters. The third-order valence-electron chi connectivity index (χ3n) is 1.92. The van der Waals surface area contributed by atoms with Crippen molar-refractivity contribution in [3.05, 3.63) is 28.2 Å². The molecule has 14 heavy (non-hydrogen) atoms. The molecule has 2 heterocycles. The Morgan fingerprint density at radius 2 is 2.36 bits per heavy atom. The Morgan fingerprint density at radius 3 is 3.07 bits per heavy atom. The molecule has 2 aromatic heterocycles. The number of hydrogen-bond acceptors (Lipinski definition) is 3. The maximum Gasteiger partial charge on any atom is 0.154 e. The predicted octanol–water partition coefficient (Wildman–Crippen LogP) is 1.85. The largest absolute Gasteiger partial charge is 0.378 e. The van der Waals surface area contributed by atoms with E-state index in [1.54, 1.807) is 11.6 Å². The van der Waals surface area contributed by atoms with E-state index in [4.69, 9.17) is 17.0 Å². The van der Waals surface area contributed by atoms with Gasteiger partial charge in [-0.05, 0) is 13.0 Å². The molecule has 2 rings (SSSR count). The molecule has 0 aliphatic heterocycles. The van der Waals surface area contributed by atoms with Gasteiger partial charge in [0.2, 0.25) is 0 Å². The van der Waals surface area contributed by atoms with Crippen molar-refractivity contribution >= 4 is 17.9 Å². The van der Waals surface area contributed by atoms with Crippen molar-refractivity contribution in [2.45, 2.75) is 13.5 Å². The van der Waals surface area contributed by atoms with Gasteiger partial charge in [0, 0.05) is 18.9 Å². The molecule has 0 saturated heterocycles. The van der Waals surface area contributed by atoms with Crippen LogP contribution in [-0.2, 0) is 11.3 Å². The lowest BCUT2D eigenvalue weighted by atomic mass is 10.4. The zero-order chi connectivity index (χ0) is 10.1. The third-order valence-corrected chi connectivity index (χ3v) is 2.22. The van der Waals surface area contributed by atoms with E-state index in [-0.39, 0.29) is 0 Å². The van der Waals surface area contributed by atoms with Crippen LogP contribution < -0.4 is 0 Å². The van der Waals surface area contributed by atoms with Crippen LogP contribution in [0.25, 0.3) is 5.65 Å². The number of aryl methyl sites for hydroxylation is 1. The van der Waals surface area contributed by atoms with Gasteiger partial charge in [-0.25, -0.2) is 9.50 Å². The minimum absolute atomic E-state index is 0.490. The normalized spacial score (nSPS) is 11.0. The molecule has 0 spiro atoms. The molecule has 0 saturated carbocycles. The van der Waals surface area contributed by atoms with Crippen LogP contribution in [0.3, 0.4) is 0 Å². The maximum atomic E-state index is 5.20. The lowest BCUT2D eigenvalue weighted by Crippen LogP contribution is -1.98. The molecular formula is C9H11N3OS. The molecule has 2 aromatic rings. The standard InChI is InChI=1S/C9H11N3OS/c1-6-3-8-10-7(5-13-2)4-9(14)12(8)11-6/h3-4,11H,5H2,1-2H3. The second kappa shape index (κ2) is 3.51. The van der Waals surface area contributed by atoms with Gasteiger partial charge < -0.3 is 4.74 Å². The highest BCUT2D eigenvalue weighted by atomic mass is 32.1. The second-order valence-corrected chi connectivity index (χ2v) is 3.57. The summed E-state index contributed by atoms with van der Waals surface area (Å²) < 4.78 is 7.51. The minimum atomic E-state index is 0.490. The van der Waals surface area contributed by atoms with Gasteiger partial charge in [-0.15, -0.1) is 0 Å². The molecule has 0 aliphatic carbocycles. The second-order valence-electron chi connectivity index (χ2n) is 3.15. The van der Waals surface area contributed by atoms with Crippen LogP contribution in [0.15, 0.2) is 12.1 Å². The fourth-order valence-electron chi connectivity index (χ4n) is 1.38. The molecule has 0 bridgehead atoms. The summed E-state index contributed by atoms with van der Waals surface area (Å²) in [5.41, 5.74) is 2.73. The van der Waals surface area contributed by atoms with E-state index in [9.17, 15) is 0 Å². The number of rotatable bonds is 2. The zero-order valence-electron chi connectivity index (χ0n) is 8.07. The monoisotopic (exact) mass is 209 g/mol. The summed E-state index contributed by atoms with van der Waals surface area (Å²) in [6.45, 7) is 2.46. The number of hydrogen-bond donors (Lipinski definition) is 1. The number of nitrogens with zero attached hydrogens (tertiary/aromatic N) is 2. The van der Waals surface area contributed by atoms with Gasteiger partial charge in [-0.2, -0.15) is 0 Å². The van der Waals surface area contributed by atoms with Gasteiger partial charge in [0.1, 0.15) is 4.64 Å². The molecular weight excluding hydrogens is 198 g/mol. The first-order valence-electron chi connectivity index (χ1n) is 4.28. The Kier molecular flexibility index (Phi) is 2.35. The molecule has 0 radical (unpaired) electrons. The summed E-state index contributed by atoms with van der Waals surface area (Å²) in [4.78, 5) is 4.39. The van der Waals surface area contributed by atoms with Crippen LogP contribution in [0.4, 0.5) is 0 Å². The quantitative estimate of drug-likeness (QED) is 0.767. The molecule has 5 heteroatoms. The van der Waals surface area contributed by atoms with Crippen molar-refractivity contribution in [2.75, 3.05) is 7.11 Å². The Hall–Kier alpha value is -1.20. The van der Waals surface area contributed by atoms with Gasteiger partial charge in [0.05, 0.1) is 12.3 Å². The van der Waals surface area contributed by atoms with Gasteiger partial charge >= 0.3 is 0 Å². The average molecular weight is 209 g/mol. The summed E-state index contributed by atoms with van der Waals surface area (Å²) in [7, 11) is 1.64. The topological polar surface area (TPSA) is 42.3 Å². The Labute approximate surface area is 86.5 Å². The van der Waals surface area contributed by atoms with Crippen LogP contribution in [0.5, 0.6) is 0 Å². The number of aromatic amines is 1. The number of methoxy groups -OCH3 is 1. The Morgan fingerprint density at radius 1 is 1.57 bits per heavy atom. The van der Waals surface area contributed by atoms with Gasteiger partial charge in [0.15, 0.2) is 5.65 Å². The lowest BCUT2D eigenvalue weighted by Gasteiger charge is -1.99. The molecule has 0 aromatic carbocycles. The Balaban J connectivity index is 2.65. The first-order chi connectivity index (χ1) is 6.70. The van der Waals surface area contributed by atoms with Crippen LogP contribution in [0, 0.1) is 11.6 Å². The SMILES string of the molecule is COCc1cc(=S)n2[nH]c(C)cc2n1. The first-order valence-corrected chi connectivity index (χ1v) is 4.69. The fourth-order valence-corrected chi connectivity index (χ4v) is 1.66. The van der Waals surface area contributed by atoms with Crippen molar-refractivity contribution < 1.29 is 4.74 Å². The number of fused-ring (bicyclic) bond motifs is 1. The lowest BCUT2D eigenvalue weighted by molar-refractivity contribution is 0.181. The third kappa shape index (κ3) is 1.56. The first kappa shape index (κ1) is 9.36. The highest BCUT2D eigenvalue weighted by Crippen LogP contribution is 2.06. The molecule has 0 amide bonds. The molecule has 4 nitrogen and oxygen atoms in total. The van der Waals surface area contributed by atoms with Crippen LogP contribution in [0.2, 0.25) is 0 Å². The highest BCUT2D eigenvalue weighted by Gasteiger charge is 2.01. The van der Waals surface area contributed by atoms with E-state index in [0.717, 1.165) is 21.7 Å². The summed E-state index contributed by atoms with van der Waals surface area (Å²) in [5, 5.41) is 3.11. The minimum Gasteiger partial charge on any atom is -0.378 e. The summed E-state index contributed by atoms with van der Waals surface area (Å²) in [6, 6.07) is 3.79. The van der Waals surface area contributed by atoms with Crippen LogP contribution in [0.1, 0.15) is 11.4 Å². The predicted molar refractivity (Wildman–Crippen MR) is 55.8 cm³/mol. The van der Waals surface area contributed by atoms with E-state index in [1.807, 2.05) is 19.1 Å². The van der Waals surface area contributed by atoms with Gasteiger partial charge in [-0.1, -0.05) is 12.2 Å². The van der Waals surface area contributed by atoms with Crippen molar-refractivity contribution in [1.29, 1.82) is 0 Å². The Bertz CT molecular complexity index is 514. The van der Waals surface area contributed by atoms with Crippen molar-refractivity contribution in [2.24, 2.45) is 0 Å². The van der Waals surface area contributed by atoms with Crippen LogP contribution >= 0.6 is 12.2 Å². The molecule has 0 fully saturated rings. The van der Waals surface area contributed by atoms with E-state index >= 15 is 0 Å². The number of nitrogens with one attached hydrogen (secondary N) is 1. The van der Waals surface area contributed by atoms with E-state index in [0.29, 0.717) is 6.61 Å². The number of H-pyrrole nitrogens is 1. The average Bonchev–Trinajstić information content (AvgIpc) is 2.47. The van der Waals surface area contributed by atoms with Crippen molar-refractivity contribution in [1.82, 2.24) is 14.6 Å². The fraction of sp³-hybridized carbons (Fsp3) is 0.333. The number of ether oxygens (including phenoxy) is 1.